The van der Waals surface area contributed by atoms with Crippen LogP contribution in [0.5, 0.6) is 0 Å². The Morgan fingerprint density at radius 3 is 2.87 bits per heavy atom. The number of hydrogen-bond donors (Lipinski definition) is 2. The molecule has 1 saturated carbocycles. The van der Waals surface area contributed by atoms with Gasteiger partial charge in [0.15, 0.2) is 0 Å². The van der Waals surface area contributed by atoms with Crippen LogP contribution >= 0.6 is 0 Å². The molecule has 0 amide bonds. The van der Waals surface area contributed by atoms with Crippen LogP contribution in [0.15, 0.2) is 12.3 Å². The Hall–Kier alpha value is -1.07. The summed E-state index contributed by atoms with van der Waals surface area (Å²) in [5, 5.41) is 13.1. The molecular weight excluding hydrogens is 192 g/mol. The van der Waals surface area contributed by atoms with Gasteiger partial charge >= 0.3 is 0 Å². The Kier molecular flexibility index (Phi) is 3.23. The van der Waals surface area contributed by atoms with E-state index in [0.29, 0.717) is 11.9 Å². The average Bonchev–Trinajstić information content (AvgIpc) is 2.97. The maximum atomic E-state index is 8.93. The van der Waals surface area contributed by atoms with Crippen LogP contribution in [0.3, 0.4) is 0 Å². The zero-order chi connectivity index (χ0) is 10.7. The molecule has 0 radical (unpaired) electrons. The molecule has 1 aliphatic rings. The van der Waals surface area contributed by atoms with E-state index in [1.807, 2.05) is 10.9 Å². The SMILES string of the molecule is Nc1ccn(CCN(CCO)C2CC2)n1. The van der Waals surface area contributed by atoms with Gasteiger partial charge < -0.3 is 10.8 Å². The van der Waals surface area contributed by atoms with Crippen molar-refractivity contribution in [3.63, 3.8) is 0 Å². The maximum Gasteiger partial charge on any atom is 0.145 e. The predicted molar refractivity (Wildman–Crippen MR) is 58.3 cm³/mol. The summed E-state index contributed by atoms with van der Waals surface area (Å²) < 4.78 is 1.85. The van der Waals surface area contributed by atoms with Crippen LogP contribution in [0.1, 0.15) is 12.8 Å². The van der Waals surface area contributed by atoms with Gasteiger partial charge in [-0.25, -0.2) is 0 Å². The molecule has 84 valence electrons. The molecule has 0 atom stereocenters. The molecule has 0 spiro atoms. The highest BCUT2D eigenvalue weighted by molar-refractivity contribution is 5.23. The number of nitrogens with two attached hydrogens (primary N) is 1. The molecule has 1 aliphatic carbocycles. The number of rotatable bonds is 6. The number of nitrogens with zero attached hydrogens (tertiary/aromatic N) is 3. The highest BCUT2D eigenvalue weighted by atomic mass is 16.3. The van der Waals surface area contributed by atoms with Gasteiger partial charge in [0.1, 0.15) is 5.82 Å². The Balaban J connectivity index is 1.79. The third-order valence-electron chi connectivity index (χ3n) is 2.73. The van der Waals surface area contributed by atoms with Gasteiger partial charge in [0.2, 0.25) is 0 Å². The van der Waals surface area contributed by atoms with Crippen molar-refractivity contribution in [3.05, 3.63) is 12.3 Å². The van der Waals surface area contributed by atoms with E-state index in [1.54, 1.807) is 6.07 Å². The van der Waals surface area contributed by atoms with E-state index >= 15 is 0 Å². The minimum atomic E-state index is 0.234. The Morgan fingerprint density at radius 2 is 2.33 bits per heavy atom. The molecule has 0 aromatic carbocycles. The summed E-state index contributed by atoms with van der Waals surface area (Å²) in [5.74, 6) is 0.565. The van der Waals surface area contributed by atoms with E-state index in [4.69, 9.17) is 10.8 Å². The molecule has 0 saturated heterocycles. The van der Waals surface area contributed by atoms with Gasteiger partial charge in [-0.1, -0.05) is 0 Å². The first-order chi connectivity index (χ1) is 7.29. The molecule has 1 fully saturated rings. The summed E-state index contributed by atoms with van der Waals surface area (Å²) in [7, 11) is 0. The highest BCUT2D eigenvalue weighted by Gasteiger charge is 2.27. The van der Waals surface area contributed by atoms with Crippen molar-refractivity contribution in [2.75, 3.05) is 25.4 Å². The second kappa shape index (κ2) is 4.63. The Bertz CT molecular complexity index is 308. The van der Waals surface area contributed by atoms with E-state index in [-0.39, 0.29) is 6.61 Å². The first-order valence-electron chi connectivity index (χ1n) is 5.43. The fourth-order valence-corrected chi connectivity index (χ4v) is 1.78. The lowest BCUT2D eigenvalue weighted by molar-refractivity contribution is 0.183. The van der Waals surface area contributed by atoms with E-state index in [2.05, 4.69) is 10.00 Å². The fraction of sp³-hybridized carbons (Fsp3) is 0.700. The smallest absolute Gasteiger partial charge is 0.145 e. The molecule has 2 rings (SSSR count). The summed E-state index contributed by atoms with van der Waals surface area (Å²) in [4.78, 5) is 2.32. The topological polar surface area (TPSA) is 67.3 Å². The second-order valence-corrected chi connectivity index (χ2v) is 3.99. The summed E-state index contributed by atoms with van der Waals surface area (Å²) in [6.07, 6.45) is 4.42. The van der Waals surface area contributed by atoms with Gasteiger partial charge in [0.25, 0.3) is 0 Å². The fourth-order valence-electron chi connectivity index (χ4n) is 1.78. The zero-order valence-corrected chi connectivity index (χ0v) is 8.84. The van der Waals surface area contributed by atoms with Crippen LogP contribution in [0.4, 0.5) is 5.82 Å². The molecule has 0 bridgehead atoms. The average molecular weight is 210 g/mol. The van der Waals surface area contributed by atoms with Crippen molar-refractivity contribution in [3.8, 4) is 0 Å². The van der Waals surface area contributed by atoms with Crippen LogP contribution < -0.4 is 5.73 Å². The number of aliphatic hydroxyl groups excluding tert-OH is 1. The molecule has 1 aromatic rings. The van der Waals surface area contributed by atoms with Crippen molar-refractivity contribution >= 4 is 5.82 Å². The Labute approximate surface area is 89.5 Å². The first-order valence-corrected chi connectivity index (χ1v) is 5.43. The van der Waals surface area contributed by atoms with E-state index in [9.17, 15) is 0 Å². The maximum absolute atomic E-state index is 8.93. The molecule has 1 heterocycles. The molecule has 5 heteroatoms. The molecule has 0 aliphatic heterocycles. The lowest BCUT2D eigenvalue weighted by Crippen LogP contribution is -2.32. The largest absolute Gasteiger partial charge is 0.395 e. The van der Waals surface area contributed by atoms with Gasteiger partial charge in [0, 0.05) is 25.3 Å². The van der Waals surface area contributed by atoms with Crippen LogP contribution in [-0.4, -0.2) is 45.5 Å². The number of aromatic nitrogens is 2. The summed E-state index contributed by atoms with van der Waals surface area (Å²) in [5.41, 5.74) is 5.53. The van der Waals surface area contributed by atoms with Crippen molar-refractivity contribution < 1.29 is 5.11 Å². The molecule has 15 heavy (non-hydrogen) atoms. The van der Waals surface area contributed by atoms with E-state index in [0.717, 1.165) is 19.6 Å². The number of aliphatic hydroxyl groups is 1. The van der Waals surface area contributed by atoms with E-state index in [1.165, 1.54) is 12.8 Å². The lowest BCUT2D eigenvalue weighted by atomic mass is 10.4. The van der Waals surface area contributed by atoms with Crippen molar-refractivity contribution in [2.24, 2.45) is 0 Å². The van der Waals surface area contributed by atoms with Gasteiger partial charge in [-0.3, -0.25) is 9.58 Å². The number of nitrogen functional groups attached to an aromatic ring is 1. The standard InChI is InChI=1S/C10H18N4O/c11-10-3-4-14(12-10)6-5-13(7-8-15)9-1-2-9/h3-4,9,15H,1-2,5-8H2,(H2,11,12). The molecule has 5 nitrogen and oxygen atoms in total. The summed E-state index contributed by atoms with van der Waals surface area (Å²) in [6, 6.07) is 2.48. The molecule has 1 aromatic heterocycles. The van der Waals surface area contributed by atoms with Crippen molar-refractivity contribution in [1.29, 1.82) is 0 Å². The molecular formula is C10H18N4O. The van der Waals surface area contributed by atoms with Crippen molar-refractivity contribution in [1.82, 2.24) is 14.7 Å². The minimum absolute atomic E-state index is 0.234. The summed E-state index contributed by atoms with van der Waals surface area (Å²) >= 11 is 0. The van der Waals surface area contributed by atoms with Crippen molar-refractivity contribution in [2.45, 2.75) is 25.4 Å². The predicted octanol–water partition coefficient (Wildman–Crippen LogP) is -0.0780. The zero-order valence-electron chi connectivity index (χ0n) is 8.84. The van der Waals surface area contributed by atoms with E-state index < -0.39 is 0 Å². The van der Waals surface area contributed by atoms with Gasteiger partial charge in [-0.05, 0) is 18.9 Å². The number of hydrogen-bond acceptors (Lipinski definition) is 4. The normalized spacial score (nSPS) is 16.1. The summed E-state index contributed by atoms with van der Waals surface area (Å²) in [6.45, 7) is 2.78. The minimum Gasteiger partial charge on any atom is -0.395 e. The van der Waals surface area contributed by atoms with Crippen LogP contribution in [0.2, 0.25) is 0 Å². The number of anilines is 1. The van der Waals surface area contributed by atoms with Gasteiger partial charge in [-0.2, -0.15) is 5.10 Å². The third kappa shape index (κ3) is 2.94. The first kappa shape index (κ1) is 10.4. The van der Waals surface area contributed by atoms with Crippen LogP contribution in [-0.2, 0) is 6.54 Å². The quantitative estimate of drug-likeness (QED) is 0.689. The van der Waals surface area contributed by atoms with Crippen LogP contribution in [0.25, 0.3) is 0 Å². The monoisotopic (exact) mass is 210 g/mol. The van der Waals surface area contributed by atoms with Gasteiger partial charge in [-0.15, -0.1) is 0 Å². The van der Waals surface area contributed by atoms with Crippen LogP contribution in [0, 0.1) is 0 Å². The second-order valence-electron chi connectivity index (χ2n) is 3.99. The lowest BCUT2D eigenvalue weighted by Gasteiger charge is -2.20. The van der Waals surface area contributed by atoms with Gasteiger partial charge in [0.05, 0.1) is 13.2 Å². The molecule has 3 N–H and O–H groups in total. The Morgan fingerprint density at radius 1 is 1.53 bits per heavy atom. The third-order valence-corrected chi connectivity index (χ3v) is 2.73. The molecule has 0 unspecified atom stereocenters. The highest BCUT2D eigenvalue weighted by Crippen LogP contribution is 2.26.